The number of hydrogen-bond donors (Lipinski definition) is 1. The summed E-state index contributed by atoms with van der Waals surface area (Å²) in [5.41, 5.74) is 4.38. The molecule has 0 saturated carbocycles. The van der Waals surface area contributed by atoms with Crippen molar-refractivity contribution in [3.63, 3.8) is 0 Å². The maximum Gasteiger partial charge on any atom is 0.0668 e. The Bertz CT molecular complexity index is 562. The summed E-state index contributed by atoms with van der Waals surface area (Å²) >= 11 is 4.06. The first-order valence-electron chi connectivity index (χ1n) is 7.77. The molecule has 1 unspecified atom stereocenters. The molecule has 0 amide bonds. The molecule has 0 spiro atoms. The number of hydrogen-bond acceptors (Lipinski definition) is 3. The standard InChI is InChI=1S/C18H23NS2/c1-3-4-13-5-7-14(8-6-13)18(19-2)17-11-15-12-20-10-9-16(15)21-17/h5-8,11,18-19H,3-4,9-10,12H2,1-2H3. The van der Waals surface area contributed by atoms with Crippen molar-refractivity contribution in [1.82, 2.24) is 5.32 Å². The summed E-state index contributed by atoms with van der Waals surface area (Å²) in [5, 5.41) is 3.50. The van der Waals surface area contributed by atoms with Crippen molar-refractivity contribution in [1.29, 1.82) is 0 Å². The Morgan fingerprint density at radius 1 is 1.24 bits per heavy atom. The van der Waals surface area contributed by atoms with E-state index in [1.54, 1.807) is 10.4 Å². The molecule has 1 aliphatic heterocycles. The lowest BCUT2D eigenvalue weighted by Crippen LogP contribution is -2.16. The molecule has 1 aromatic heterocycles. The van der Waals surface area contributed by atoms with Crippen molar-refractivity contribution in [2.24, 2.45) is 0 Å². The summed E-state index contributed by atoms with van der Waals surface area (Å²) in [7, 11) is 2.07. The monoisotopic (exact) mass is 317 g/mol. The molecule has 1 aliphatic rings. The van der Waals surface area contributed by atoms with Gasteiger partial charge in [0.1, 0.15) is 0 Å². The van der Waals surface area contributed by atoms with Crippen LogP contribution < -0.4 is 5.32 Å². The number of fused-ring (bicyclic) bond motifs is 1. The van der Waals surface area contributed by atoms with Gasteiger partial charge in [0.2, 0.25) is 0 Å². The van der Waals surface area contributed by atoms with Crippen LogP contribution in [0, 0.1) is 0 Å². The van der Waals surface area contributed by atoms with E-state index in [0.29, 0.717) is 6.04 Å². The van der Waals surface area contributed by atoms with Gasteiger partial charge in [0.15, 0.2) is 0 Å². The third-order valence-electron chi connectivity index (χ3n) is 4.07. The average Bonchev–Trinajstić information content (AvgIpc) is 2.93. The normalized spacial score (nSPS) is 15.7. The Kier molecular flexibility index (Phi) is 5.04. The van der Waals surface area contributed by atoms with Crippen LogP contribution in [-0.2, 0) is 18.6 Å². The molecule has 3 rings (SSSR count). The molecule has 112 valence electrons. The first-order valence-corrected chi connectivity index (χ1v) is 9.74. The van der Waals surface area contributed by atoms with E-state index in [1.165, 1.54) is 46.8 Å². The third kappa shape index (κ3) is 3.36. The van der Waals surface area contributed by atoms with Crippen LogP contribution >= 0.6 is 23.1 Å². The van der Waals surface area contributed by atoms with Gasteiger partial charge in [-0.15, -0.1) is 11.3 Å². The second kappa shape index (κ2) is 6.99. The van der Waals surface area contributed by atoms with Gasteiger partial charge in [-0.2, -0.15) is 11.8 Å². The largest absolute Gasteiger partial charge is 0.309 e. The van der Waals surface area contributed by atoms with Gasteiger partial charge in [0.05, 0.1) is 6.04 Å². The molecule has 2 aromatic rings. The molecule has 3 heteroatoms. The van der Waals surface area contributed by atoms with Crippen molar-refractivity contribution in [2.45, 2.75) is 38.0 Å². The van der Waals surface area contributed by atoms with Crippen molar-refractivity contribution >= 4 is 23.1 Å². The molecule has 1 aromatic carbocycles. The van der Waals surface area contributed by atoms with Gasteiger partial charge in [0.25, 0.3) is 0 Å². The van der Waals surface area contributed by atoms with Crippen molar-refractivity contribution in [2.75, 3.05) is 12.8 Å². The molecule has 1 atom stereocenters. The van der Waals surface area contributed by atoms with Crippen LogP contribution in [0.1, 0.15) is 45.8 Å². The van der Waals surface area contributed by atoms with Gasteiger partial charge >= 0.3 is 0 Å². The number of nitrogens with one attached hydrogen (secondary N) is 1. The minimum atomic E-state index is 0.335. The molecular formula is C18H23NS2. The highest BCUT2D eigenvalue weighted by atomic mass is 32.2. The quantitative estimate of drug-likeness (QED) is 0.850. The van der Waals surface area contributed by atoms with Gasteiger partial charge in [-0.3, -0.25) is 0 Å². The van der Waals surface area contributed by atoms with Crippen LogP contribution in [0.15, 0.2) is 30.3 Å². The molecular weight excluding hydrogens is 294 g/mol. The van der Waals surface area contributed by atoms with Gasteiger partial charge in [-0.25, -0.2) is 0 Å². The topological polar surface area (TPSA) is 12.0 Å². The number of thioether (sulfide) groups is 1. The van der Waals surface area contributed by atoms with E-state index in [-0.39, 0.29) is 0 Å². The molecule has 2 heterocycles. The first-order chi connectivity index (χ1) is 10.3. The van der Waals surface area contributed by atoms with Crippen LogP contribution in [-0.4, -0.2) is 12.8 Å². The SMILES string of the molecule is CCCc1ccc(C(NC)c2cc3c(s2)CCSC3)cc1. The summed E-state index contributed by atoms with van der Waals surface area (Å²) < 4.78 is 0. The summed E-state index contributed by atoms with van der Waals surface area (Å²) in [6.45, 7) is 2.23. The fourth-order valence-electron chi connectivity index (χ4n) is 2.95. The minimum absolute atomic E-state index is 0.335. The first kappa shape index (κ1) is 15.1. The smallest absolute Gasteiger partial charge is 0.0668 e. The summed E-state index contributed by atoms with van der Waals surface area (Å²) in [4.78, 5) is 3.07. The molecule has 1 N–H and O–H groups in total. The third-order valence-corrected chi connectivity index (χ3v) is 6.38. The highest BCUT2D eigenvalue weighted by Gasteiger charge is 2.19. The fourth-order valence-corrected chi connectivity index (χ4v) is 5.47. The zero-order chi connectivity index (χ0) is 14.7. The van der Waals surface area contributed by atoms with Crippen LogP contribution in [0.5, 0.6) is 0 Å². The Labute approximate surface area is 136 Å². The zero-order valence-corrected chi connectivity index (χ0v) is 14.4. The Balaban J connectivity index is 1.85. The predicted molar refractivity (Wildman–Crippen MR) is 95.5 cm³/mol. The summed E-state index contributed by atoms with van der Waals surface area (Å²) in [6.07, 6.45) is 3.63. The summed E-state index contributed by atoms with van der Waals surface area (Å²) in [6, 6.07) is 11.9. The van der Waals surface area contributed by atoms with Gasteiger partial charge in [0, 0.05) is 15.5 Å². The molecule has 0 radical (unpaired) electrons. The Morgan fingerprint density at radius 3 is 2.71 bits per heavy atom. The molecule has 0 fully saturated rings. The van der Waals surface area contributed by atoms with Crippen molar-refractivity contribution in [3.05, 3.63) is 56.8 Å². The van der Waals surface area contributed by atoms with Crippen LogP contribution in [0.4, 0.5) is 0 Å². The van der Waals surface area contributed by atoms with E-state index >= 15 is 0 Å². The van der Waals surface area contributed by atoms with E-state index in [9.17, 15) is 0 Å². The lowest BCUT2D eigenvalue weighted by atomic mass is 10.0. The fraction of sp³-hybridized carbons (Fsp3) is 0.444. The second-order valence-electron chi connectivity index (χ2n) is 5.61. The van der Waals surface area contributed by atoms with E-state index < -0.39 is 0 Å². The number of benzene rings is 1. The highest BCUT2D eigenvalue weighted by Crippen LogP contribution is 2.36. The molecule has 0 bridgehead atoms. The maximum absolute atomic E-state index is 3.50. The number of aryl methyl sites for hydroxylation is 2. The van der Waals surface area contributed by atoms with E-state index in [1.807, 2.05) is 11.3 Å². The summed E-state index contributed by atoms with van der Waals surface area (Å²) in [5.74, 6) is 2.47. The van der Waals surface area contributed by atoms with Gasteiger partial charge in [-0.05, 0) is 48.4 Å². The average molecular weight is 318 g/mol. The van der Waals surface area contributed by atoms with Crippen molar-refractivity contribution in [3.8, 4) is 0 Å². The van der Waals surface area contributed by atoms with Crippen LogP contribution in [0.3, 0.4) is 0 Å². The zero-order valence-electron chi connectivity index (χ0n) is 12.8. The minimum Gasteiger partial charge on any atom is -0.309 e. The van der Waals surface area contributed by atoms with Crippen molar-refractivity contribution < 1.29 is 0 Å². The maximum atomic E-state index is 3.50. The number of thiophene rings is 1. The second-order valence-corrected chi connectivity index (χ2v) is 7.89. The molecule has 1 nitrogen and oxygen atoms in total. The van der Waals surface area contributed by atoms with E-state index in [2.05, 4.69) is 61.4 Å². The van der Waals surface area contributed by atoms with E-state index in [0.717, 1.165) is 0 Å². The molecule has 0 saturated heterocycles. The van der Waals surface area contributed by atoms with Gasteiger partial charge < -0.3 is 5.32 Å². The number of rotatable bonds is 5. The Hall–Kier alpha value is -0.770. The Morgan fingerprint density at radius 2 is 2.05 bits per heavy atom. The highest BCUT2D eigenvalue weighted by molar-refractivity contribution is 7.98. The van der Waals surface area contributed by atoms with Gasteiger partial charge in [-0.1, -0.05) is 37.6 Å². The van der Waals surface area contributed by atoms with Crippen LogP contribution in [0.2, 0.25) is 0 Å². The van der Waals surface area contributed by atoms with Crippen LogP contribution in [0.25, 0.3) is 0 Å². The lowest BCUT2D eigenvalue weighted by Gasteiger charge is -2.15. The lowest BCUT2D eigenvalue weighted by molar-refractivity contribution is 0.703. The molecule has 21 heavy (non-hydrogen) atoms. The predicted octanol–water partition coefficient (Wildman–Crippen LogP) is 4.80. The molecule has 0 aliphatic carbocycles. The van der Waals surface area contributed by atoms with E-state index in [4.69, 9.17) is 0 Å².